The Labute approximate surface area is 197 Å². The second-order valence-electron chi connectivity index (χ2n) is 8.32. The summed E-state index contributed by atoms with van der Waals surface area (Å²) in [6, 6.07) is 23.4. The van der Waals surface area contributed by atoms with Crippen LogP contribution in [0.2, 0.25) is 0 Å². The summed E-state index contributed by atoms with van der Waals surface area (Å²) in [5, 5.41) is 13.2. The van der Waals surface area contributed by atoms with Gasteiger partial charge in [0.1, 0.15) is 11.5 Å². The van der Waals surface area contributed by atoms with Crippen molar-refractivity contribution in [3.05, 3.63) is 114 Å². The van der Waals surface area contributed by atoms with Gasteiger partial charge in [-0.15, -0.1) is 10.2 Å². The van der Waals surface area contributed by atoms with Gasteiger partial charge in [0.2, 0.25) is 0 Å². The molecule has 34 heavy (non-hydrogen) atoms. The van der Waals surface area contributed by atoms with Gasteiger partial charge in [-0.3, -0.25) is 9.78 Å². The lowest BCUT2D eigenvalue weighted by molar-refractivity contribution is 0.0929. The van der Waals surface area contributed by atoms with Crippen LogP contribution in [0.15, 0.2) is 85.2 Å². The Morgan fingerprint density at radius 2 is 1.76 bits per heavy atom. The molecular weight excluding hydrogens is 424 g/mol. The zero-order valence-corrected chi connectivity index (χ0v) is 19.0. The van der Waals surface area contributed by atoms with Crippen molar-refractivity contribution in [2.75, 3.05) is 0 Å². The molecule has 5 rings (SSSR count). The van der Waals surface area contributed by atoms with Gasteiger partial charge in [0, 0.05) is 43.2 Å². The van der Waals surface area contributed by atoms with Gasteiger partial charge in [0.15, 0.2) is 5.82 Å². The molecule has 1 unspecified atom stereocenters. The van der Waals surface area contributed by atoms with Crippen molar-refractivity contribution in [2.45, 2.75) is 25.3 Å². The standard InChI is InChI=1S/C27H26N6O/c1-33-25(15-14-19-9-3-2-4-10-19)31-32-26(33)24(30-27(34)23-13-7-8-16-28-23)17-20-18-29-22-12-6-5-11-21(20)22/h2-13,16,18,24,29H,14-15,17H2,1H3,(H,30,34). The summed E-state index contributed by atoms with van der Waals surface area (Å²) >= 11 is 0. The number of fused-ring (bicyclic) bond motifs is 1. The first-order chi connectivity index (χ1) is 16.7. The van der Waals surface area contributed by atoms with Gasteiger partial charge >= 0.3 is 0 Å². The number of H-pyrrole nitrogens is 1. The van der Waals surface area contributed by atoms with Crippen LogP contribution in [0, 0.1) is 0 Å². The maximum absolute atomic E-state index is 13.0. The SMILES string of the molecule is Cn1c(CCc2ccccc2)nnc1C(Cc1c[nH]c2ccccc12)NC(=O)c1ccccn1. The van der Waals surface area contributed by atoms with Gasteiger partial charge in [0.25, 0.3) is 5.91 Å². The number of aryl methyl sites for hydroxylation is 2. The molecule has 0 spiro atoms. The van der Waals surface area contributed by atoms with Crippen LogP contribution < -0.4 is 5.32 Å². The van der Waals surface area contributed by atoms with Crippen molar-refractivity contribution >= 4 is 16.8 Å². The quantitative estimate of drug-likeness (QED) is 0.371. The number of nitrogens with zero attached hydrogens (tertiary/aromatic N) is 4. The van der Waals surface area contributed by atoms with Crippen molar-refractivity contribution in [1.29, 1.82) is 0 Å². The highest BCUT2D eigenvalue weighted by Crippen LogP contribution is 2.24. The van der Waals surface area contributed by atoms with Crippen LogP contribution in [0.4, 0.5) is 0 Å². The van der Waals surface area contributed by atoms with Crippen LogP contribution in [0.5, 0.6) is 0 Å². The molecule has 1 amide bonds. The van der Waals surface area contributed by atoms with Crippen molar-refractivity contribution in [2.24, 2.45) is 7.05 Å². The third-order valence-corrected chi connectivity index (χ3v) is 6.09. The highest BCUT2D eigenvalue weighted by Gasteiger charge is 2.24. The lowest BCUT2D eigenvalue weighted by Crippen LogP contribution is -2.32. The maximum atomic E-state index is 13.0. The second-order valence-corrected chi connectivity index (χ2v) is 8.32. The molecule has 0 saturated heterocycles. The van der Waals surface area contributed by atoms with Crippen LogP contribution in [0.3, 0.4) is 0 Å². The number of aromatic nitrogens is 5. The predicted molar refractivity (Wildman–Crippen MR) is 131 cm³/mol. The highest BCUT2D eigenvalue weighted by molar-refractivity contribution is 5.92. The average Bonchev–Trinajstić information content (AvgIpc) is 3.46. The van der Waals surface area contributed by atoms with E-state index in [1.807, 2.05) is 54.2 Å². The van der Waals surface area contributed by atoms with E-state index in [2.05, 4.69) is 43.7 Å². The first-order valence-corrected chi connectivity index (χ1v) is 11.4. The Morgan fingerprint density at radius 3 is 2.59 bits per heavy atom. The van der Waals surface area contributed by atoms with E-state index in [0.29, 0.717) is 12.1 Å². The van der Waals surface area contributed by atoms with Gasteiger partial charge in [0.05, 0.1) is 6.04 Å². The Morgan fingerprint density at radius 1 is 0.971 bits per heavy atom. The second kappa shape index (κ2) is 9.70. The number of nitrogens with one attached hydrogen (secondary N) is 2. The largest absolute Gasteiger partial charge is 0.361 e. The number of carbonyl (C=O) groups is 1. The molecule has 0 aliphatic carbocycles. The van der Waals surface area contributed by atoms with E-state index in [0.717, 1.165) is 41.0 Å². The van der Waals surface area contributed by atoms with Crippen LogP contribution >= 0.6 is 0 Å². The van der Waals surface area contributed by atoms with Gasteiger partial charge < -0.3 is 14.9 Å². The van der Waals surface area contributed by atoms with Gasteiger partial charge in [-0.05, 0) is 35.7 Å². The van der Waals surface area contributed by atoms with Crippen molar-refractivity contribution < 1.29 is 4.79 Å². The van der Waals surface area contributed by atoms with E-state index in [4.69, 9.17) is 0 Å². The van der Waals surface area contributed by atoms with E-state index < -0.39 is 0 Å². The molecule has 5 aromatic rings. The normalized spacial score (nSPS) is 12.0. The smallest absolute Gasteiger partial charge is 0.270 e. The minimum atomic E-state index is -0.364. The molecule has 3 heterocycles. The lowest BCUT2D eigenvalue weighted by Gasteiger charge is -2.18. The summed E-state index contributed by atoms with van der Waals surface area (Å²) in [7, 11) is 1.96. The average molecular weight is 451 g/mol. The monoisotopic (exact) mass is 450 g/mol. The number of pyridine rings is 1. The van der Waals surface area contributed by atoms with Crippen LogP contribution in [0.1, 0.15) is 39.3 Å². The molecule has 2 aromatic carbocycles. The van der Waals surface area contributed by atoms with Gasteiger partial charge in [-0.1, -0.05) is 54.6 Å². The van der Waals surface area contributed by atoms with Crippen molar-refractivity contribution in [3.8, 4) is 0 Å². The molecule has 3 aromatic heterocycles. The van der Waals surface area contributed by atoms with Gasteiger partial charge in [-0.2, -0.15) is 0 Å². The Bertz CT molecular complexity index is 1390. The molecular formula is C27H26N6O. The molecule has 2 N–H and O–H groups in total. The van der Waals surface area contributed by atoms with E-state index in [9.17, 15) is 4.79 Å². The summed E-state index contributed by atoms with van der Waals surface area (Å²) in [4.78, 5) is 20.5. The first-order valence-electron chi connectivity index (χ1n) is 11.4. The molecule has 7 nitrogen and oxygen atoms in total. The molecule has 0 saturated carbocycles. The molecule has 0 radical (unpaired) electrons. The minimum Gasteiger partial charge on any atom is -0.361 e. The Kier molecular flexibility index (Phi) is 6.16. The number of hydrogen-bond acceptors (Lipinski definition) is 4. The summed E-state index contributed by atoms with van der Waals surface area (Å²) in [5.41, 5.74) is 3.80. The Balaban J connectivity index is 1.43. The molecule has 0 fully saturated rings. The predicted octanol–water partition coefficient (Wildman–Crippen LogP) is 4.19. The van der Waals surface area contributed by atoms with Crippen LogP contribution in [0.25, 0.3) is 10.9 Å². The fourth-order valence-corrected chi connectivity index (χ4v) is 4.25. The van der Waals surface area contributed by atoms with E-state index in [1.165, 1.54) is 5.56 Å². The number of aromatic amines is 1. The molecule has 0 aliphatic rings. The van der Waals surface area contributed by atoms with E-state index >= 15 is 0 Å². The third-order valence-electron chi connectivity index (χ3n) is 6.09. The molecule has 1 atom stereocenters. The number of amides is 1. The summed E-state index contributed by atoms with van der Waals surface area (Å²) < 4.78 is 2.00. The Hall–Kier alpha value is -4.26. The fraction of sp³-hybridized carbons (Fsp3) is 0.185. The zero-order valence-electron chi connectivity index (χ0n) is 19.0. The third kappa shape index (κ3) is 4.59. The van der Waals surface area contributed by atoms with E-state index in [-0.39, 0.29) is 11.9 Å². The van der Waals surface area contributed by atoms with E-state index in [1.54, 1.807) is 24.4 Å². The molecule has 0 aliphatic heterocycles. The summed E-state index contributed by atoms with van der Waals surface area (Å²) in [5.74, 6) is 1.37. The van der Waals surface area contributed by atoms with Crippen molar-refractivity contribution in [1.82, 2.24) is 30.0 Å². The molecule has 170 valence electrons. The maximum Gasteiger partial charge on any atom is 0.270 e. The number of benzene rings is 2. The fourth-order valence-electron chi connectivity index (χ4n) is 4.25. The van der Waals surface area contributed by atoms with Crippen LogP contribution in [-0.2, 0) is 26.3 Å². The number of para-hydroxylation sites is 1. The highest BCUT2D eigenvalue weighted by atomic mass is 16.1. The summed E-state index contributed by atoms with van der Waals surface area (Å²) in [6.07, 6.45) is 5.83. The number of hydrogen-bond donors (Lipinski definition) is 2. The van der Waals surface area contributed by atoms with Crippen LogP contribution in [-0.4, -0.2) is 30.6 Å². The molecule has 7 heteroatoms. The van der Waals surface area contributed by atoms with Crippen molar-refractivity contribution in [3.63, 3.8) is 0 Å². The first kappa shape index (κ1) is 21.6. The summed E-state index contributed by atoms with van der Waals surface area (Å²) in [6.45, 7) is 0. The molecule has 0 bridgehead atoms. The topological polar surface area (TPSA) is 88.5 Å². The number of rotatable bonds is 8. The lowest BCUT2D eigenvalue weighted by atomic mass is 10.0. The van der Waals surface area contributed by atoms with Gasteiger partial charge in [-0.25, -0.2) is 0 Å². The number of carbonyl (C=O) groups excluding carboxylic acids is 1. The zero-order chi connectivity index (χ0) is 23.3. The minimum absolute atomic E-state index is 0.237.